The Labute approximate surface area is 102 Å². The average Bonchev–Trinajstić information content (AvgIpc) is 2.00. The predicted molar refractivity (Wildman–Crippen MR) is 58.8 cm³/mol. The summed E-state index contributed by atoms with van der Waals surface area (Å²) >= 11 is 1.36. The fourth-order valence-corrected chi connectivity index (χ4v) is 3.85. The molecule has 0 spiro atoms. The zero-order valence-corrected chi connectivity index (χ0v) is 10.5. The highest BCUT2D eigenvalue weighted by Crippen LogP contribution is 2.31. The lowest BCUT2D eigenvalue weighted by atomic mass is 10.3. The van der Waals surface area contributed by atoms with Crippen molar-refractivity contribution in [2.45, 2.75) is 4.90 Å². The second kappa shape index (κ2) is 4.18. The molecule has 0 aliphatic heterocycles. The maximum atomic E-state index is 13.1. The van der Waals surface area contributed by atoms with E-state index < -0.39 is 30.4 Å². The van der Waals surface area contributed by atoms with Gasteiger partial charge in [0.25, 0.3) is 14.7 Å². The molecular formula is C6H2ClFINO4S. The third-order valence-corrected chi connectivity index (χ3v) is 4.28. The summed E-state index contributed by atoms with van der Waals surface area (Å²) in [5.74, 6) is -1.11. The van der Waals surface area contributed by atoms with E-state index in [1.807, 2.05) is 0 Å². The lowest BCUT2D eigenvalue weighted by Gasteiger charge is -2.02. The molecular weight excluding hydrogens is 363 g/mol. The second-order valence-electron chi connectivity index (χ2n) is 2.40. The molecule has 0 aliphatic carbocycles. The number of halogens is 3. The molecule has 0 bridgehead atoms. The molecule has 15 heavy (non-hydrogen) atoms. The molecule has 9 heteroatoms. The van der Waals surface area contributed by atoms with Crippen molar-refractivity contribution < 1.29 is 17.7 Å². The van der Waals surface area contributed by atoms with Crippen molar-refractivity contribution in [2.24, 2.45) is 0 Å². The maximum Gasteiger partial charge on any atom is 0.284 e. The summed E-state index contributed by atoms with van der Waals surface area (Å²) in [6.45, 7) is 0. The minimum Gasteiger partial charge on any atom is -0.258 e. The minimum atomic E-state index is -4.33. The molecule has 0 saturated heterocycles. The van der Waals surface area contributed by atoms with E-state index in [4.69, 9.17) is 10.7 Å². The van der Waals surface area contributed by atoms with Crippen molar-refractivity contribution in [3.63, 3.8) is 0 Å². The molecule has 0 heterocycles. The van der Waals surface area contributed by atoms with Crippen molar-refractivity contribution in [2.75, 3.05) is 0 Å². The molecule has 0 aromatic heterocycles. The van der Waals surface area contributed by atoms with Crippen LogP contribution in [0, 0.1) is 19.5 Å². The monoisotopic (exact) mass is 365 g/mol. The first kappa shape index (κ1) is 12.6. The van der Waals surface area contributed by atoms with Gasteiger partial charge in [0.1, 0.15) is 14.3 Å². The number of nitro groups is 1. The summed E-state index contributed by atoms with van der Waals surface area (Å²) in [6, 6.07) is 1.57. The largest absolute Gasteiger partial charge is 0.284 e. The lowest BCUT2D eigenvalue weighted by molar-refractivity contribution is -0.386. The molecule has 0 saturated carbocycles. The van der Waals surface area contributed by atoms with Crippen LogP contribution in [-0.4, -0.2) is 13.3 Å². The Morgan fingerprint density at radius 3 is 2.40 bits per heavy atom. The van der Waals surface area contributed by atoms with Gasteiger partial charge in [-0.1, -0.05) is 0 Å². The predicted octanol–water partition coefficient (Wildman–Crippen LogP) is 2.27. The van der Waals surface area contributed by atoms with Crippen LogP contribution in [0.1, 0.15) is 0 Å². The van der Waals surface area contributed by atoms with Gasteiger partial charge in [-0.25, -0.2) is 12.8 Å². The van der Waals surface area contributed by atoms with E-state index in [2.05, 4.69) is 0 Å². The molecule has 0 unspecified atom stereocenters. The Kier molecular flexibility index (Phi) is 3.51. The number of hydrogen-bond acceptors (Lipinski definition) is 4. The van der Waals surface area contributed by atoms with Crippen LogP contribution in [0.2, 0.25) is 0 Å². The van der Waals surface area contributed by atoms with E-state index in [9.17, 15) is 22.9 Å². The molecule has 0 aliphatic rings. The normalized spacial score (nSPS) is 11.4. The maximum absolute atomic E-state index is 13.1. The number of benzene rings is 1. The van der Waals surface area contributed by atoms with E-state index in [1.54, 1.807) is 0 Å². The van der Waals surface area contributed by atoms with Crippen LogP contribution in [0.5, 0.6) is 0 Å². The fraction of sp³-hybridized carbons (Fsp3) is 0. The van der Waals surface area contributed by atoms with Gasteiger partial charge in [0, 0.05) is 16.7 Å². The summed E-state index contributed by atoms with van der Waals surface area (Å²) in [5.41, 5.74) is -0.503. The van der Waals surface area contributed by atoms with Crippen molar-refractivity contribution in [1.29, 1.82) is 0 Å². The molecule has 82 valence electrons. The van der Waals surface area contributed by atoms with Crippen LogP contribution in [0.3, 0.4) is 0 Å². The number of rotatable bonds is 2. The van der Waals surface area contributed by atoms with Crippen molar-refractivity contribution in [3.05, 3.63) is 31.6 Å². The van der Waals surface area contributed by atoms with Gasteiger partial charge >= 0.3 is 0 Å². The smallest absolute Gasteiger partial charge is 0.258 e. The Morgan fingerprint density at radius 2 is 2.00 bits per heavy atom. The Balaban J connectivity index is 3.66. The zero-order chi connectivity index (χ0) is 11.8. The molecule has 0 amide bonds. The van der Waals surface area contributed by atoms with Gasteiger partial charge in [-0.15, -0.1) is 0 Å². The first-order valence-corrected chi connectivity index (χ1v) is 6.71. The molecule has 0 radical (unpaired) electrons. The first-order valence-electron chi connectivity index (χ1n) is 3.32. The van der Waals surface area contributed by atoms with E-state index in [0.717, 1.165) is 6.07 Å². The highest BCUT2D eigenvalue weighted by molar-refractivity contribution is 14.1. The van der Waals surface area contributed by atoms with Crippen LogP contribution in [0.25, 0.3) is 0 Å². The van der Waals surface area contributed by atoms with Crippen LogP contribution in [0.15, 0.2) is 17.0 Å². The summed E-state index contributed by atoms with van der Waals surface area (Å²) in [7, 11) is 0.616. The van der Waals surface area contributed by atoms with Crippen LogP contribution in [-0.2, 0) is 9.05 Å². The molecule has 1 rings (SSSR count). The first-order chi connectivity index (χ1) is 6.75. The van der Waals surface area contributed by atoms with E-state index in [-0.39, 0.29) is 3.57 Å². The van der Waals surface area contributed by atoms with Crippen LogP contribution in [0.4, 0.5) is 10.1 Å². The summed E-state index contributed by atoms with van der Waals surface area (Å²) < 4.78 is 34.7. The number of nitrogens with zero attached hydrogens (tertiary/aromatic N) is 1. The Bertz CT molecular complexity index is 532. The molecule has 0 N–H and O–H groups in total. The summed E-state index contributed by atoms with van der Waals surface area (Å²) in [4.78, 5) is 8.78. The highest BCUT2D eigenvalue weighted by Gasteiger charge is 2.26. The van der Waals surface area contributed by atoms with Gasteiger partial charge < -0.3 is 0 Å². The third kappa shape index (κ3) is 2.55. The van der Waals surface area contributed by atoms with Gasteiger partial charge in [0.05, 0.1) is 4.92 Å². The van der Waals surface area contributed by atoms with E-state index in [1.165, 1.54) is 22.6 Å². The molecule has 0 atom stereocenters. The molecule has 1 aromatic carbocycles. The van der Waals surface area contributed by atoms with E-state index >= 15 is 0 Å². The second-order valence-corrected chi connectivity index (χ2v) is 5.99. The third-order valence-electron chi connectivity index (χ3n) is 1.47. The van der Waals surface area contributed by atoms with Gasteiger partial charge in [-0.05, 0) is 28.7 Å². The number of nitro benzene ring substituents is 1. The Morgan fingerprint density at radius 1 is 1.47 bits per heavy atom. The summed E-state index contributed by atoms with van der Waals surface area (Å²) in [6.07, 6.45) is 0. The fourth-order valence-electron chi connectivity index (χ4n) is 0.887. The SMILES string of the molecule is O=[N+]([O-])c1ccc(F)c(S(=O)(=O)Cl)c1I. The standard InChI is InChI=1S/C6H2ClFINO4S/c7-15(13,14)6-3(8)1-2-4(5(6)9)10(11)12/h1-2H. The van der Waals surface area contributed by atoms with Crippen LogP contribution >= 0.6 is 33.3 Å². The quantitative estimate of drug-likeness (QED) is 0.349. The van der Waals surface area contributed by atoms with Crippen LogP contribution < -0.4 is 0 Å². The zero-order valence-electron chi connectivity index (χ0n) is 6.78. The van der Waals surface area contributed by atoms with Crippen molar-refractivity contribution >= 4 is 48.0 Å². The minimum absolute atomic E-state index is 0.340. The number of hydrogen-bond donors (Lipinski definition) is 0. The molecule has 0 fully saturated rings. The van der Waals surface area contributed by atoms with E-state index in [0.29, 0.717) is 6.07 Å². The van der Waals surface area contributed by atoms with Gasteiger partial charge in [0.2, 0.25) is 0 Å². The lowest BCUT2D eigenvalue weighted by Crippen LogP contribution is -2.02. The average molecular weight is 366 g/mol. The highest BCUT2D eigenvalue weighted by atomic mass is 127. The van der Waals surface area contributed by atoms with Gasteiger partial charge in [-0.2, -0.15) is 0 Å². The Hall–Kier alpha value is -0.480. The van der Waals surface area contributed by atoms with Gasteiger partial charge in [-0.3, -0.25) is 10.1 Å². The van der Waals surface area contributed by atoms with Crippen molar-refractivity contribution in [3.8, 4) is 0 Å². The topological polar surface area (TPSA) is 77.3 Å². The summed E-state index contributed by atoms with van der Waals surface area (Å²) in [5, 5.41) is 10.5. The molecule has 1 aromatic rings. The van der Waals surface area contributed by atoms with Gasteiger partial charge in [0.15, 0.2) is 0 Å². The molecule has 5 nitrogen and oxygen atoms in total. The van der Waals surface area contributed by atoms with Crippen molar-refractivity contribution in [1.82, 2.24) is 0 Å².